The minimum Gasteiger partial charge on any atom is -0.481 e. The van der Waals surface area contributed by atoms with Gasteiger partial charge in [0, 0.05) is 18.9 Å². The normalized spacial score (nSPS) is 13.4. The molecule has 6 heteroatoms. The van der Waals surface area contributed by atoms with Gasteiger partial charge in [-0.25, -0.2) is 13.4 Å². The molecule has 1 rings (SSSR count). The largest absolute Gasteiger partial charge is 0.481 e. The average molecular weight is 259 g/mol. The highest BCUT2D eigenvalue weighted by molar-refractivity contribution is 7.90. The maximum absolute atomic E-state index is 11.8. The second-order valence-electron chi connectivity index (χ2n) is 4.05. The van der Waals surface area contributed by atoms with Crippen LogP contribution in [0.1, 0.15) is 12.5 Å². The standard InChI is InChI=1S/C11H17NO4S/c1-9(6-13)7-17(14,15)8-10-3-4-11(16-2)12-5-10/h3-5,9,13H,6-8H2,1-2H3/t9-/m1/s1. The van der Waals surface area contributed by atoms with Crippen LogP contribution in [-0.2, 0) is 15.6 Å². The lowest BCUT2D eigenvalue weighted by Gasteiger charge is -2.09. The third kappa shape index (κ3) is 4.70. The minimum atomic E-state index is -3.21. The van der Waals surface area contributed by atoms with E-state index in [4.69, 9.17) is 9.84 Å². The number of aliphatic hydroxyl groups is 1. The fourth-order valence-electron chi connectivity index (χ4n) is 1.42. The zero-order valence-electron chi connectivity index (χ0n) is 9.96. The van der Waals surface area contributed by atoms with E-state index in [-0.39, 0.29) is 24.0 Å². The molecule has 96 valence electrons. The summed E-state index contributed by atoms with van der Waals surface area (Å²) >= 11 is 0. The number of aliphatic hydroxyl groups excluding tert-OH is 1. The minimum absolute atomic E-state index is 0.0183. The van der Waals surface area contributed by atoms with Gasteiger partial charge in [0.15, 0.2) is 9.84 Å². The van der Waals surface area contributed by atoms with Gasteiger partial charge < -0.3 is 9.84 Å². The molecule has 0 spiro atoms. The Bertz CT molecular complexity index is 441. The van der Waals surface area contributed by atoms with Crippen LogP contribution in [0.5, 0.6) is 5.88 Å². The zero-order valence-corrected chi connectivity index (χ0v) is 10.8. The SMILES string of the molecule is COc1ccc(CS(=O)(=O)C[C@H](C)CO)cn1. The summed E-state index contributed by atoms with van der Waals surface area (Å²) in [6.07, 6.45) is 1.49. The number of aromatic nitrogens is 1. The molecule has 0 aliphatic carbocycles. The summed E-state index contributed by atoms with van der Waals surface area (Å²) in [4.78, 5) is 3.94. The number of hydrogen-bond donors (Lipinski definition) is 1. The van der Waals surface area contributed by atoms with Crippen LogP contribution in [0.4, 0.5) is 0 Å². The Balaban J connectivity index is 2.69. The Morgan fingerprint density at radius 2 is 2.18 bits per heavy atom. The van der Waals surface area contributed by atoms with Crippen LogP contribution in [0, 0.1) is 5.92 Å². The van der Waals surface area contributed by atoms with E-state index >= 15 is 0 Å². The van der Waals surface area contributed by atoms with Crippen molar-refractivity contribution >= 4 is 9.84 Å². The van der Waals surface area contributed by atoms with Crippen molar-refractivity contribution in [1.29, 1.82) is 0 Å². The lowest BCUT2D eigenvalue weighted by molar-refractivity contribution is 0.249. The van der Waals surface area contributed by atoms with Crippen LogP contribution in [-0.4, -0.2) is 38.0 Å². The van der Waals surface area contributed by atoms with Gasteiger partial charge in [-0.05, 0) is 11.5 Å². The summed E-state index contributed by atoms with van der Waals surface area (Å²) in [5, 5.41) is 8.84. The molecule has 1 aromatic rings. The Hall–Kier alpha value is -1.14. The van der Waals surface area contributed by atoms with Gasteiger partial charge >= 0.3 is 0 Å². The van der Waals surface area contributed by atoms with Crippen molar-refractivity contribution in [3.8, 4) is 5.88 Å². The van der Waals surface area contributed by atoms with Crippen LogP contribution in [0.3, 0.4) is 0 Å². The summed E-state index contributed by atoms with van der Waals surface area (Å²) in [6.45, 7) is 1.57. The summed E-state index contributed by atoms with van der Waals surface area (Å²) in [5.74, 6) is 0.130. The fourth-order valence-corrected chi connectivity index (χ4v) is 3.18. The first kappa shape index (κ1) is 13.9. The predicted molar refractivity (Wildman–Crippen MR) is 64.5 cm³/mol. The Morgan fingerprint density at radius 3 is 2.65 bits per heavy atom. The molecule has 0 unspecified atom stereocenters. The van der Waals surface area contributed by atoms with Gasteiger partial charge in [-0.1, -0.05) is 13.0 Å². The van der Waals surface area contributed by atoms with Gasteiger partial charge in [-0.3, -0.25) is 0 Å². The highest BCUT2D eigenvalue weighted by Crippen LogP contribution is 2.12. The summed E-state index contributed by atoms with van der Waals surface area (Å²) in [5.41, 5.74) is 0.621. The van der Waals surface area contributed by atoms with Gasteiger partial charge in [0.05, 0.1) is 18.6 Å². The smallest absolute Gasteiger partial charge is 0.212 e. The molecule has 17 heavy (non-hydrogen) atoms. The monoisotopic (exact) mass is 259 g/mol. The molecule has 0 aliphatic rings. The number of rotatable bonds is 6. The van der Waals surface area contributed by atoms with E-state index in [0.29, 0.717) is 11.4 Å². The Labute approximate surface area is 101 Å². The maximum atomic E-state index is 11.8. The first-order valence-electron chi connectivity index (χ1n) is 5.27. The molecule has 0 amide bonds. The average Bonchev–Trinajstić information content (AvgIpc) is 2.28. The van der Waals surface area contributed by atoms with Crippen molar-refractivity contribution < 1.29 is 18.3 Å². The van der Waals surface area contributed by atoms with Crippen molar-refractivity contribution in [3.63, 3.8) is 0 Å². The van der Waals surface area contributed by atoms with Crippen LogP contribution in [0.25, 0.3) is 0 Å². The quantitative estimate of drug-likeness (QED) is 0.811. The van der Waals surface area contributed by atoms with Crippen LogP contribution >= 0.6 is 0 Å². The summed E-state index contributed by atoms with van der Waals surface area (Å²) in [7, 11) is -1.70. The number of pyridine rings is 1. The van der Waals surface area contributed by atoms with Gasteiger partial charge in [0.1, 0.15) is 0 Å². The molecule has 0 saturated carbocycles. The molecule has 0 bridgehead atoms. The second kappa shape index (κ2) is 5.97. The third-order valence-corrected chi connectivity index (χ3v) is 4.09. The molecule has 0 aromatic carbocycles. The summed E-state index contributed by atoms with van der Waals surface area (Å²) < 4.78 is 28.4. The van der Waals surface area contributed by atoms with Crippen molar-refractivity contribution in [2.75, 3.05) is 19.5 Å². The van der Waals surface area contributed by atoms with E-state index in [1.54, 1.807) is 19.1 Å². The fraction of sp³-hybridized carbons (Fsp3) is 0.545. The number of nitrogens with zero attached hydrogens (tertiary/aromatic N) is 1. The zero-order chi connectivity index (χ0) is 12.9. The Morgan fingerprint density at radius 1 is 1.47 bits per heavy atom. The van der Waals surface area contributed by atoms with Gasteiger partial charge in [0.25, 0.3) is 0 Å². The van der Waals surface area contributed by atoms with Crippen molar-refractivity contribution in [2.24, 2.45) is 5.92 Å². The molecule has 1 atom stereocenters. The lowest BCUT2D eigenvalue weighted by atomic mass is 10.2. The van der Waals surface area contributed by atoms with Crippen molar-refractivity contribution in [1.82, 2.24) is 4.98 Å². The second-order valence-corrected chi connectivity index (χ2v) is 6.16. The van der Waals surface area contributed by atoms with Gasteiger partial charge in [-0.15, -0.1) is 0 Å². The summed E-state index contributed by atoms with van der Waals surface area (Å²) in [6, 6.07) is 3.30. The number of sulfone groups is 1. The molecule has 1 heterocycles. The molecular formula is C11H17NO4S. The van der Waals surface area contributed by atoms with E-state index in [0.717, 1.165) is 0 Å². The van der Waals surface area contributed by atoms with E-state index in [2.05, 4.69) is 4.98 Å². The number of hydrogen-bond acceptors (Lipinski definition) is 5. The molecule has 1 aromatic heterocycles. The highest BCUT2D eigenvalue weighted by atomic mass is 32.2. The van der Waals surface area contributed by atoms with Crippen molar-refractivity contribution in [2.45, 2.75) is 12.7 Å². The maximum Gasteiger partial charge on any atom is 0.212 e. The molecule has 5 nitrogen and oxygen atoms in total. The number of ether oxygens (including phenoxy) is 1. The first-order chi connectivity index (χ1) is 7.96. The topological polar surface area (TPSA) is 76.5 Å². The van der Waals surface area contributed by atoms with E-state index in [1.807, 2.05) is 0 Å². The van der Waals surface area contributed by atoms with E-state index in [1.165, 1.54) is 13.3 Å². The highest BCUT2D eigenvalue weighted by Gasteiger charge is 2.16. The molecule has 1 N–H and O–H groups in total. The molecule has 0 aliphatic heterocycles. The van der Waals surface area contributed by atoms with Gasteiger partial charge in [0.2, 0.25) is 5.88 Å². The van der Waals surface area contributed by atoms with Crippen molar-refractivity contribution in [3.05, 3.63) is 23.9 Å². The lowest BCUT2D eigenvalue weighted by Crippen LogP contribution is -2.18. The first-order valence-corrected chi connectivity index (χ1v) is 7.09. The molecule has 0 saturated heterocycles. The van der Waals surface area contributed by atoms with E-state index < -0.39 is 9.84 Å². The van der Waals surface area contributed by atoms with E-state index in [9.17, 15) is 8.42 Å². The third-order valence-electron chi connectivity index (χ3n) is 2.24. The predicted octanol–water partition coefficient (Wildman–Crippen LogP) is 0.633. The molecule has 0 radical (unpaired) electrons. The Kier molecular flexibility index (Phi) is 4.89. The van der Waals surface area contributed by atoms with Crippen LogP contribution in [0.2, 0.25) is 0 Å². The van der Waals surface area contributed by atoms with Crippen LogP contribution in [0.15, 0.2) is 18.3 Å². The van der Waals surface area contributed by atoms with Gasteiger partial charge in [-0.2, -0.15) is 0 Å². The molecule has 0 fully saturated rings. The molecular weight excluding hydrogens is 242 g/mol. The van der Waals surface area contributed by atoms with Crippen LogP contribution < -0.4 is 4.74 Å². The number of methoxy groups -OCH3 is 1.